The molecule has 1 rings (SSSR count). The Kier molecular flexibility index (Phi) is 5.39. The first-order valence-electron chi connectivity index (χ1n) is 5.63. The van der Waals surface area contributed by atoms with Crippen molar-refractivity contribution in [1.29, 1.82) is 0 Å². The Morgan fingerprint density at radius 2 is 2.05 bits per heavy atom. The third-order valence-electron chi connectivity index (χ3n) is 2.32. The SMILES string of the molecule is CNCc1cc(S(=O)(=O)NCCCC(F)(F)F)c[nH]1. The molecule has 0 bridgehead atoms. The van der Waals surface area contributed by atoms with Crippen molar-refractivity contribution in [3.05, 3.63) is 18.0 Å². The third kappa shape index (κ3) is 5.62. The van der Waals surface area contributed by atoms with E-state index in [1.54, 1.807) is 7.05 Å². The topological polar surface area (TPSA) is 74.0 Å². The minimum atomic E-state index is -4.26. The summed E-state index contributed by atoms with van der Waals surface area (Å²) in [7, 11) is -2.04. The molecule has 0 radical (unpaired) electrons. The second kappa shape index (κ2) is 6.40. The Morgan fingerprint density at radius 3 is 2.63 bits per heavy atom. The number of halogens is 3. The van der Waals surface area contributed by atoms with Crippen LogP contribution in [0.25, 0.3) is 0 Å². The lowest BCUT2D eigenvalue weighted by Crippen LogP contribution is -2.25. The molecule has 1 aromatic heterocycles. The maximum Gasteiger partial charge on any atom is 0.389 e. The Bertz CT molecular complexity index is 496. The van der Waals surface area contributed by atoms with Gasteiger partial charge in [-0.1, -0.05) is 0 Å². The van der Waals surface area contributed by atoms with Crippen LogP contribution in [-0.4, -0.2) is 33.2 Å². The van der Waals surface area contributed by atoms with Crippen molar-refractivity contribution in [2.45, 2.75) is 30.5 Å². The molecule has 110 valence electrons. The van der Waals surface area contributed by atoms with Crippen molar-refractivity contribution in [2.24, 2.45) is 0 Å². The Morgan fingerprint density at radius 1 is 1.37 bits per heavy atom. The molecule has 0 aliphatic carbocycles. The van der Waals surface area contributed by atoms with E-state index in [1.807, 2.05) is 0 Å². The molecule has 9 heteroatoms. The number of aromatic nitrogens is 1. The zero-order valence-corrected chi connectivity index (χ0v) is 11.2. The molecule has 0 aromatic carbocycles. The van der Waals surface area contributed by atoms with Gasteiger partial charge in [0.1, 0.15) is 0 Å². The summed E-state index contributed by atoms with van der Waals surface area (Å²) in [6.45, 7) is 0.234. The van der Waals surface area contributed by atoms with Gasteiger partial charge in [-0.15, -0.1) is 0 Å². The Balaban J connectivity index is 2.51. The van der Waals surface area contributed by atoms with Crippen LogP contribution in [0.5, 0.6) is 0 Å². The summed E-state index contributed by atoms with van der Waals surface area (Å²) in [6.07, 6.45) is -4.25. The van der Waals surface area contributed by atoms with E-state index in [1.165, 1.54) is 12.3 Å². The van der Waals surface area contributed by atoms with Crippen molar-refractivity contribution in [3.8, 4) is 0 Å². The lowest BCUT2D eigenvalue weighted by molar-refractivity contribution is -0.135. The minimum absolute atomic E-state index is 0.0183. The van der Waals surface area contributed by atoms with Gasteiger partial charge in [0.25, 0.3) is 0 Å². The smallest absolute Gasteiger partial charge is 0.363 e. The molecule has 0 unspecified atom stereocenters. The summed E-state index contributed by atoms with van der Waals surface area (Å²) in [5.41, 5.74) is 0.679. The molecule has 0 spiro atoms. The van der Waals surface area contributed by atoms with Crippen LogP contribution in [0.2, 0.25) is 0 Å². The van der Waals surface area contributed by atoms with Gasteiger partial charge in [0, 0.05) is 31.4 Å². The number of sulfonamides is 1. The predicted molar refractivity (Wildman–Crippen MR) is 64.0 cm³/mol. The fraction of sp³-hybridized carbons (Fsp3) is 0.600. The standard InChI is InChI=1S/C10H16F3N3O2S/c1-14-6-8-5-9(7-15-8)19(17,18)16-4-2-3-10(11,12)13/h5,7,14-16H,2-4,6H2,1H3. The first kappa shape index (κ1) is 16.0. The first-order chi connectivity index (χ1) is 8.74. The summed E-state index contributed by atoms with van der Waals surface area (Å²) in [4.78, 5) is 2.78. The number of H-pyrrole nitrogens is 1. The van der Waals surface area contributed by atoms with Gasteiger partial charge in [-0.05, 0) is 19.5 Å². The zero-order valence-electron chi connectivity index (χ0n) is 10.3. The van der Waals surface area contributed by atoms with Crippen molar-refractivity contribution in [2.75, 3.05) is 13.6 Å². The monoisotopic (exact) mass is 299 g/mol. The molecule has 19 heavy (non-hydrogen) atoms. The average Bonchev–Trinajstić information content (AvgIpc) is 2.73. The van der Waals surface area contributed by atoms with E-state index in [0.717, 1.165) is 0 Å². The van der Waals surface area contributed by atoms with Gasteiger partial charge in [0.15, 0.2) is 0 Å². The van der Waals surface area contributed by atoms with E-state index in [9.17, 15) is 21.6 Å². The number of nitrogens with one attached hydrogen (secondary N) is 3. The van der Waals surface area contributed by atoms with Crippen LogP contribution in [0.1, 0.15) is 18.5 Å². The summed E-state index contributed by atoms with van der Waals surface area (Å²) < 4.78 is 61.3. The average molecular weight is 299 g/mol. The van der Waals surface area contributed by atoms with Gasteiger partial charge in [-0.2, -0.15) is 13.2 Å². The van der Waals surface area contributed by atoms with Gasteiger partial charge in [-0.25, -0.2) is 13.1 Å². The largest absolute Gasteiger partial charge is 0.389 e. The second-order valence-electron chi connectivity index (χ2n) is 4.01. The molecule has 5 nitrogen and oxygen atoms in total. The van der Waals surface area contributed by atoms with Crippen LogP contribution in [0.3, 0.4) is 0 Å². The molecule has 0 amide bonds. The van der Waals surface area contributed by atoms with Crippen molar-refractivity contribution in [1.82, 2.24) is 15.0 Å². The molecule has 0 aliphatic heterocycles. The molecule has 0 aliphatic rings. The lowest BCUT2D eigenvalue weighted by Gasteiger charge is -2.07. The Labute approximate surface area is 109 Å². The van der Waals surface area contributed by atoms with E-state index >= 15 is 0 Å². The van der Waals surface area contributed by atoms with Gasteiger partial charge >= 0.3 is 6.18 Å². The van der Waals surface area contributed by atoms with Gasteiger partial charge in [0.2, 0.25) is 10.0 Å². The van der Waals surface area contributed by atoms with Crippen LogP contribution >= 0.6 is 0 Å². The lowest BCUT2D eigenvalue weighted by atomic mass is 10.3. The zero-order chi connectivity index (χ0) is 14.5. The third-order valence-corrected chi connectivity index (χ3v) is 3.76. The van der Waals surface area contributed by atoms with Crippen LogP contribution in [-0.2, 0) is 16.6 Å². The van der Waals surface area contributed by atoms with Crippen LogP contribution in [0.4, 0.5) is 13.2 Å². The quantitative estimate of drug-likeness (QED) is 0.665. The van der Waals surface area contributed by atoms with Gasteiger partial charge < -0.3 is 10.3 Å². The minimum Gasteiger partial charge on any atom is -0.363 e. The highest BCUT2D eigenvalue weighted by Gasteiger charge is 2.26. The van der Waals surface area contributed by atoms with E-state index in [0.29, 0.717) is 12.2 Å². The molecule has 0 saturated heterocycles. The normalized spacial score (nSPS) is 12.8. The Hall–Kier alpha value is -1.06. The fourth-order valence-corrected chi connectivity index (χ4v) is 2.54. The highest BCUT2D eigenvalue weighted by Crippen LogP contribution is 2.21. The summed E-state index contributed by atoms with van der Waals surface area (Å²) in [5.74, 6) is 0. The molecule has 3 N–H and O–H groups in total. The summed E-state index contributed by atoms with van der Waals surface area (Å²) >= 11 is 0. The summed E-state index contributed by atoms with van der Waals surface area (Å²) in [6, 6.07) is 1.43. The van der Waals surface area contributed by atoms with Crippen molar-refractivity contribution >= 4 is 10.0 Å². The molecule has 0 atom stereocenters. The van der Waals surface area contributed by atoms with E-state index in [-0.39, 0.29) is 17.9 Å². The molecule has 1 heterocycles. The molecular formula is C10H16F3N3O2S. The van der Waals surface area contributed by atoms with Gasteiger partial charge in [-0.3, -0.25) is 0 Å². The van der Waals surface area contributed by atoms with Crippen LogP contribution in [0.15, 0.2) is 17.2 Å². The van der Waals surface area contributed by atoms with Crippen LogP contribution < -0.4 is 10.0 Å². The number of alkyl halides is 3. The molecule has 0 fully saturated rings. The number of rotatable bonds is 7. The van der Waals surface area contributed by atoms with Crippen LogP contribution in [0, 0.1) is 0 Å². The van der Waals surface area contributed by atoms with Crippen molar-refractivity contribution in [3.63, 3.8) is 0 Å². The number of hydrogen-bond acceptors (Lipinski definition) is 3. The van der Waals surface area contributed by atoms with E-state index in [2.05, 4.69) is 15.0 Å². The predicted octanol–water partition coefficient (Wildman–Crippen LogP) is 1.35. The highest BCUT2D eigenvalue weighted by molar-refractivity contribution is 7.89. The molecule has 0 saturated carbocycles. The van der Waals surface area contributed by atoms with Crippen molar-refractivity contribution < 1.29 is 21.6 Å². The second-order valence-corrected chi connectivity index (χ2v) is 5.77. The molecule has 1 aromatic rings. The maximum absolute atomic E-state index is 11.9. The first-order valence-corrected chi connectivity index (χ1v) is 7.11. The number of aromatic amines is 1. The maximum atomic E-state index is 11.9. The van der Waals surface area contributed by atoms with Gasteiger partial charge in [0.05, 0.1) is 4.90 Å². The summed E-state index contributed by atoms with van der Waals surface area (Å²) in [5, 5.41) is 2.85. The molecular weight excluding hydrogens is 283 g/mol. The van der Waals surface area contributed by atoms with E-state index in [4.69, 9.17) is 0 Å². The fourth-order valence-electron chi connectivity index (χ4n) is 1.45. The van der Waals surface area contributed by atoms with E-state index < -0.39 is 22.6 Å². The highest BCUT2D eigenvalue weighted by atomic mass is 32.2. The number of hydrogen-bond donors (Lipinski definition) is 3.